The summed E-state index contributed by atoms with van der Waals surface area (Å²) in [5.41, 5.74) is 0. The number of hydrogen-bond donors (Lipinski definition) is 3. The van der Waals surface area contributed by atoms with Crippen LogP contribution < -0.4 is 10.6 Å². The fourth-order valence-corrected chi connectivity index (χ4v) is 2.87. The highest BCUT2D eigenvalue weighted by atomic mass is 16.4. The molecule has 6 heteroatoms. The lowest BCUT2D eigenvalue weighted by molar-refractivity contribution is -0.142. The van der Waals surface area contributed by atoms with E-state index in [1.807, 2.05) is 19.0 Å². The molecule has 2 amide bonds. The SMILES string of the molecule is CC(C)C(CN(C)C)NC(=O)NCC1CCCC1C(=O)O. The molecule has 0 heterocycles. The zero-order valence-electron chi connectivity index (χ0n) is 13.6. The number of carboxylic acids is 1. The van der Waals surface area contributed by atoms with Crippen molar-refractivity contribution in [2.75, 3.05) is 27.2 Å². The number of carbonyl (C=O) groups excluding carboxylic acids is 1. The van der Waals surface area contributed by atoms with E-state index in [0.29, 0.717) is 12.5 Å². The standard InChI is InChI=1S/C15H29N3O3/c1-10(2)13(9-18(3)4)17-15(21)16-8-11-6-5-7-12(11)14(19)20/h10-13H,5-9H2,1-4H3,(H,19,20)(H2,16,17,21). The number of rotatable bonds is 7. The molecule has 21 heavy (non-hydrogen) atoms. The second-order valence-corrected chi connectivity index (χ2v) is 6.60. The van der Waals surface area contributed by atoms with Crippen LogP contribution in [0.25, 0.3) is 0 Å². The van der Waals surface area contributed by atoms with Crippen molar-refractivity contribution in [3.8, 4) is 0 Å². The van der Waals surface area contributed by atoms with Gasteiger partial charge in [-0.05, 0) is 38.8 Å². The first-order valence-electron chi connectivity index (χ1n) is 7.73. The molecule has 3 unspecified atom stereocenters. The third-order valence-electron chi connectivity index (χ3n) is 4.18. The van der Waals surface area contributed by atoms with E-state index in [-0.39, 0.29) is 23.9 Å². The van der Waals surface area contributed by atoms with Crippen LogP contribution in [0.5, 0.6) is 0 Å². The maximum absolute atomic E-state index is 12.0. The smallest absolute Gasteiger partial charge is 0.315 e. The van der Waals surface area contributed by atoms with Gasteiger partial charge in [0.2, 0.25) is 0 Å². The molecule has 1 saturated carbocycles. The molecule has 1 aliphatic rings. The number of hydrogen-bond acceptors (Lipinski definition) is 3. The zero-order chi connectivity index (χ0) is 16.0. The van der Waals surface area contributed by atoms with E-state index in [0.717, 1.165) is 25.8 Å². The second kappa shape index (κ2) is 8.22. The van der Waals surface area contributed by atoms with Gasteiger partial charge in [0.15, 0.2) is 0 Å². The van der Waals surface area contributed by atoms with Crippen molar-refractivity contribution in [3.63, 3.8) is 0 Å². The molecule has 3 N–H and O–H groups in total. The van der Waals surface area contributed by atoms with Crippen molar-refractivity contribution >= 4 is 12.0 Å². The Morgan fingerprint density at radius 2 is 1.95 bits per heavy atom. The number of urea groups is 1. The molecule has 0 spiro atoms. The zero-order valence-corrected chi connectivity index (χ0v) is 13.6. The number of likely N-dealkylation sites (N-methyl/N-ethyl adjacent to an activating group) is 1. The molecule has 3 atom stereocenters. The third kappa shape index (κ3) is 5.91. The Morgan fingerprint density at radius 1 is 1.29 bits per heavy atom. The van der Waals surface area contributed by atoms with Crippen molar-refractivity contribution in [3.05, 3.63) is 0 Å². The van der Waals surface area contributed by atoms with Crippen LogP contribution in [0.1, 0.15) is 33.1 Å². The Kier molecular flexibility index (Phi) is 6.95. The van der Waals surface area contributed by atoms with Gasteiger partial charge in [0.05, 0.1) is 5.92 Å². The van der Waals surface area contributed by atoms with Gasteiger partial charge >= 0.3 is 12.0 Å². The van der Waals surface area contributed by atoms with Crippen LogP contribution in [0.2, 0.25) is 0 Å². The monoisotopic (exact) mass is 299 g/mol. The van der Waals surface area contributed by atoms with Crippen LogP contribution in [-0.4, -0.2) is 55.2 Å². The fraction of sp³-hybridized carbons (Fsp3) is 0.867. The Labute approximate surface area is 127 Å². The topological polar surface area (TPSA) is 81.7 Å². The van der Waals surface area contributed by atoms with Crippen molar-refractivity contribution in [2.24, 2.45) is 17.8 Å². The highest BCUT2D eigenvalue weighted by molar-refractivity contribution is 5.74. The van der Waals surface area contributed by atoms with E-state index in [9.17, 15) is 9.59 Å². The van der Waals surface area contributed by atoms with Gasteiger partial charge in [0.25, 0.3) is 0 Å². The minimum atomic E-state index is -0.743. The van der Waals surface area contributed by atoms with Gasteiger partial charge in [-0.15, -0.1) is 0 Å². The number of nitrogens with one attached hydrogen (secondary N) is 2. The first-order valence-corrected chi connectivity index (χ1v) is 7.73. The van der Waals surface area contributed by atoms with Gasteiger partial charge in [-0.3, -0.25) is 4.79 Å². The van der Waals surface area contributed by atoms with Gasteiger partial charge in [-0.2, -0.15) is 0 Å². The highest BCUT2D eigenvalue weighted by Crippen LogP contribution is 2.31. The molecule has 0 aromatic heterocycles. The second-order valence-electron chi connectivity index (χ2n) is 6.60. The molecule has 0 aromatic rings. The predicted molar refractivity (Wildman–Crippen MR) is 82.2 cm³/mol. The summed E-state index contributed by atoms with van der Waals surface area (Å²) in [5.74, 6) is -0.656. The molecule has 1 aliphatic carbocycles. The highest BCUT2D eigenvalue weighted by Gasteiger charge is 2.33. The quantitative estimate of drug-likeness (QED) is 0.663. The lowest BCUT2D eigenvalue weighted by atomic mass is 9.96. The lowest BCUT2D eigenvalue weighted by Crippen LogP contribution is -2.49. The van der Waals surface area contributed by atoms with E-state index in [1.54, 1.807) is 0 Å². The number of carboxylic acid groups (broad SMARTS) is 1. The van der Waals surface area contributed by atoms with Crippen molar-refractivity contribution in [1.82, 2.24) is 15.5 Å². The van der Waals surface area contributed by atoms with Gasteiger partial charge in [-0.25, -0.2) is 4.79 Å². The number of amides is 2. The summed E-state index contributed by atoms with van der Waals surface area (Å²) in [6.07, 6.45) is 2.53. The molecule has 6 nitrogen and oxygen atoms in total. The minimum absolute atomic E-state index is 0.0552. The van der Waals surface area contributed by atoms with E-state index in [1.165, 1.54) is 0 Å². The average molecular weight is 299 g/mol. The molecule has 0 saturated heterocycles. The van der Waals surface area contributed by atoms with Gasteiger partial charge < -0.3 is 20.6 Å². The van der Waals surface area contributed by atoms with Crippen LogP contribution >= 0.6 is 0 Å². The van der Waals surface area contributed by atoms with Crippen molar-refractivity contribution < 1.29 is 14.7 Å². The van der Waals surface area contributed by atoms with Crippen molar-refractivity contribution in [2.45, 2.75) is 39.2 Å². The van der Waals surface area contributed by atoms with Crippen molar-refractivity contribution in [1.29, 1.82) is 0 Å². The van der Waals surface area contributed by atoms with Crippen LogP contribution in [0.15, 0.2) is 0 Å². The molecule has 0 radical (unpaired) electrons. The normalized spacial score (nSPS) is 23.3. The van der Waals surface area contributed by atoms with Gasteiger partial charge in [-0.1, -0.05) is 20.3 Å². The number of carbonyl (C=O) groups is 2. The average Bonchev–Trinajstić information content (AvgIpc) is 2.83. The van der Waals surface area contributed by atoms with E-state index in [4.69, 9.17) is 5.11 Å². The van der Waals surface area contributed by atoms with Crippen LogP contribution in [-0.2, 0) is 4.79 Å². The molecule has 0 aromatic carbocycles. The fourth-order valence-electron chi connectivity index (χ4n) is 2.87. The molecular formula is C15H29N3O3. The Bertz CT molecular complexity index is 358. The first kappa shape index (κ1) is 17.8. The molecule has 0 bridgehead atoms. The summed E-state index contributed by atoms with van der Waals surface area (Å²) in [4.78, 5) is 25.1. The minimum Gasteiger partial charge on any atom is -0.481 e. The summed E-state index contributed by atoms with van der Waals surface area (Å²) in [7, 11) is 3.95. The molecule has 1 rings (SSSR count). The number of aliphatic carboxylic acids is 1. The van der Waals surface area contributed by atoms with E-state index < -0.39 is 5.97 Å². The predicted octanol–water partition coefficient (Wildman–Crippen LogP) is 1.37. The van der Waals surface area contributed by atoms with Gasteiger partial charge in [0.1, 0.15) is 0 Å². The summed E-state index contributed by atoms with van der Waals surface area (Å²) in [6.45, 7) is 5.37. The van der Waals surface area contributed by atoms with Gasteiger partial charge in [0, 0.05) is 19.1 Å². The largest absolute Gasteiger partial charge is 0.481 e. The maximum Gasteiger partial charge on any atom is 0.315 e. The number of nitrogens with zero attached hydrogens (tertiary/aromatic N) is 1. The summed E-state index contributed by atoms with van der Waals surface area (Å²) < 4.78 is 0. The molecular weight excluding hydrogens is 270 g/mol. The Hall–Kier alpha value is -1.30. The molecule has 1 fully saturated rings. The van der Waals surface area contributed by atoms with Crippen LogP contribution in [0.3, 0.4) is 0 Å². The van der Waals surface area contributed by atoms with Crippen LogP contribution in [0.4, 0.5) is 4.79 Å². The Balaban J connectivity index is 2.40. The Morgan fingerprint density at radius 3 is 2.48 bits per heavy atom. The molecule has 122 valence electrons. The molecule has 0 aliphatic heterocycles. The van der Waals surface area contributed by atoms with E-state index >= 15 is 0 Å². The summed E-state index contributed by atoms with van der Waals surface area (Å²) >= 11 is 0. The third-order valence-corrected chi connectivity index (χ3v) is 4.18. The summed E-state index contributed by atoms with van der Waals surface area (Å²) in [5, 5.41) is 14.9. The lowest BCUT2D eigenvalue weighted by Gasteiger charge is -2.26. The van der Waals surface area contributed by atoms with E-state index in [2.05, 4.69) is 24.5 Å². The summed E-state index contributed by atoms with van der Waals surface area (Å²) in [6, 6.07) is -0.120. The van der Waals surface area contributed by atoms with Crippen LogP contribution in [0, 0.1) is 17.8 Å². The first-order chi connectivity index (χ1) is 9.81. The maximum atomic E-state index is 12.0.